The van der Waals surface area contributed by atoms with Crippen LogP contribution < -0.4 is 5.32 Å². The second-order valence-electron chi connectivity index (χ2n) is 4.35. The van der Waals surface area contributed by atoms with Crippen molar-refractivity contribution in [1.29, 1.82) is 0 Å². The number of carbonyl (C=O) groups is 2. The molecule has 0 aromatic heterocycles. The highest BCUT2D eigenvalue weighted by molar-refractivity contribution is 6.17. The van der Waals surface area contributed by atoms with Gasteiger partial charge in [0, 0.05) is 17.1 Å². The first kappa shape index (κ1) is 15.1. The predicted octanol–water partition coefficient (Wildman–Crippen LogP) is 3.46. The van der Waals surface area contributed by atoms with Crippen molar-refractivity contribution in [3.63, 3.8) is 0 Å². The Labute approximate surface area is 127 Å². The summed E-state index contributed by atoms with van der Waals surface area (Å²) in [5.74, 6) is -0.219. The normalized spacial score (nSPS) is 10.0. The Morgan fingerprint density at radius 1 is 1.00 bits per heavy atom. The molecule has 5 heteroatoms. The van der Waals surface area contributed by atoms with Crippen LogP contribution >= 0.6 is 11.6 Å². The van der Waals surface area contributed by atoms with Crippen LogP contribution in [-0.2, 0) is 10.6 Å². The lowest BCUT2D eigenvalue weighted by Crippen LogP contribution is -2.12. The highest BCUT2D eigenvalue weighted by Gasteiger charge is 2.08. The van der Waals surface area contributed by atoms with Gasteiger partial charge in [0.15, 0.2) is 0 Å². The van der Waals surface area contributed by atoms with E-state index < -0.39 is 5.97 Å². The van der Waals surface area contributed by atoms with Gasteiger partial charge in [-0.3, -0.25) is 4.79 Å². The smallest absolute Gasteiger partial charge is 0.337 e. The number of rotatable bonds is 4. The zero-order valence-corrected chi connectivity index (χ0v) is 12.2. The first-order valence-electron chi connectivity index (χ1n) is 6.28. The summed E-state index contributed by atoms with van der Waals surface area (Å²) in [5.41, 5.74) is 2.53. The summed E-state index contributed by atoms with van der Waals surface area (Å²) in [7, 11) is 1.32. The van der Waals surface area contributed by atoms with Crippen molar-refractivity contribution in [2.24, 2.45) is 0 Å². The molecule has 0 saturated carbocycles. The van der Waals surface area contributed by atoms with Gasteiger partial charge in [-0.1, -0.05) is 12.1 Å². The van der Waals surface area contributed by atoms with Gasteiger partial charge in [-0.15, -0.1) is 11.6 Å². The third-order valence-electron chi connectivity index (χ3n) is 2.93. The van der Waals surface area contributed by atoms with Gasteiger partial charge < -0.3 is 10.1 Å². The van der Waals surface area contributed by atoms with E-state index in [-0.39, 0.29) is 5.91 Å². The van der Waals surface area contributed by atoms with Crippen LogP contribution in [0.2, 0.25) is 0 Å². The molecule has 0 fully saturated rings. The molecule has 108 valence electrons. The Balaban J connectivity index is 2.06. The fraction of sp³-hybridized carbons (Fsp3) is 0.125. The van der Waals surface area contributed by atoms with Crippen molar-refractivity contribution in [2.45, 2.75) is 5.88 Å². The molecule has 0 aliphatic heterocycles. The molecule has 0 aliphatic rings. The Bertz CT molecular complexity index is 636. The molecule has 0 aliphatic carbocycles. The standard InChI is InChI=1S/C16H14ClNO3/c1-21-16(20)13-6-8-14(9-7-13)18-15(19)12-4-2-11(10-17)3-5-12/h2-9H,10H2,1H3,(H,18,19). The molecule has 1 N–H and O–H groups in total. The number of ether oxygens (including phenoxy) is 1. The summed E-state index contributed by atoms with van der Waals surface area (Å²) in [4.78, 5) is 23.4. The molecule has 2 aromatic rings. The molecule has 2 aromatic carbocycles. The van der Waals surface area contributed by atoms with Crippen LogP contribution in [0.15, 0.2) is 48.5 Å². The maximum Gasteiger partial charge on any atom is 0.337 e. The second-order valence-corrected chi connectivity index (χ2v) is 4.62. The van der Waals surface area contributed by atoms with Crippen molar-refractivity contribution < 1.29 is 14.3 Å². The average molecular weight is 304 g/mol. The van der Waals surface area contributed by atoms with Gasteiger partial charge in [0.05, 0.1) is 12.7 Å². The second kappa shape index (κ2) is 6.90. The van der Waals surface area contributed by atoms with Crippen LogP contribution in [-0.4, -0.2) is 19.0 Å². The minimum Gasteiger partial charge on any atom is -0.465 e. The number of methoxy groups -OCH3 is 1. The van der Waals surface area contributed by atoms with Crippen molar-refractivity contribution in [3.8, 4) is 0 Å². The number of amides is 1. The van der Waals surface area contributed by atoms with Crippen LogP contribution in [0, 0.1) is 0 Å². The minimum absolute atomic E-state index is 0.220. The minimum atomic E-state index is -0.412. The maximum atomic E-state index is 12.1. The fourth-order valence-electron chi connectivity index (χ4n) is 1.76. The number of carbonyl (C=O) groups excluding carboxylic acids is 2. The molecule has 0 spiro atoms. The third kappa shape index (κ3) is 3.83. The van der Waals surface area contributed by atoms with Crippen molar-refractivity contribution >= 4 is 29.2 Å². The van der Waals surface area contributed by atoms with Gasteiger partial charge in [0.2, 0.25) is 0 Å². The summed E-state index contributed by atoms with van der Waals surface area (Å²) in [5, 5.41) is 2.76. The van der Waals surface area contributed by atoms with E-state index >= 15 is 0 Å². The van der Waals surface area contributed by atoms with E-state index in [9.17, 15) is 9.59 Å². The SMILES string of the molecule is COC(=O)c1ccc(NC(=O)c2ccc(CCl)cc2)cc1. The van der Waals surface area contributed by atoms with Crippen LogP contribution in [0.25, 0.3) is 0 Å². The number of nitrogens with one attached hydrogen (secondary N) is 1. The number of halogens is 1. The molecule has 0 saturated heterocycles. The molecule has 2 rings (SSSR count). The summed E-state index contributed by atoms with van der Waals surface area (Å²) < 4.78 is 4.61. The Morgan fingerprint density at radius 3 is 2.10 bits per heavy atom. The predicted molar refractivity (Wildman–Crippen MR) is 81.7 cm³/mol. The van der Waals surface area contributed by atoms with Gasteiger partial charge in [0.25, 0.3) is 5.91 Å². The maximum absolute atomic E-state index is 12.1. The van der Waals surface area contributed by atoms with Crippen LogP contribution in [0.4, 0.5) is 5.69 Å². The van der Waals surface area contributed by atoms with Gasteiger partial charge in [0.1, 0.15) is 0 Å². The number of benzene rings is 2. The zero-order chi connectivity index (χ0) is 15.2. The van der Waals surface area contributed by atoms with E-state index in [1.165, 1.54) is 7.11 Å². The number of anilines is 1. The summed E-state index contributed by atoms with van der Waals surface area (Å²) in [6.45, 7) is 0. The monoisotopic (exact) mass is 303 g/mol. The highest BCUT2D eigenvalue weighted by atomic mass is 35.5. The Kier molecular flexibility index (Phi) is 4.95. The van der Waals surface area contributed by atoms with Gasteiger partial charge in [-0.2, -0.15) is 0 Å². The van der Waals surface area contributed by atoms with E-state index in [2.05, 4.69) is 10.1 Å². The Hall–Kier alpha value is -2.33. The summed E-state index contributed by atoms with van der Waals surface area (Å²) >= 11 is 5.70. The van der Waals surface area contributed by atoms with E-state index in [1.807, 2.05) is 12.1 Å². The lowest BCUT2D eigenvalue weighted by molar-refractivity contribution is 0.0600. The summed E-state index contributed by atoms with van der Waals surface area (Å²) in [6, 6.07) is 13.5. The molecule has 21 heavy (non-hydrogen) atoms. The number of hydrogen-bond acceptors (Lipinski definition) is 3. The van der Waals surface area contributed by atoms with Crippen LogP contribution in [0.3, 0.4) is 0 Å². The lowest BCUT2D eigenvalue weighted by atomic mass is 10.1. The van der Waals surface area contributed by atoms with E-state index in [0.29, 0.717) is 22.7 Å². The largest absolute Gasteiger partial charge is 0.465 e. The van der Waals surface area contributed by atoms with E-state index in [0.717, 1.165) is 5.56 Å². The first-order valence-corrected chi connectivity index (χ1v) is 6.82. The summed E-state index contributed by atoms with van der Waals surface area (Å²) in [6.07, 6.45) is 0. The van der Waals surface area contributed by atoms with Crippen LogP contribution in [0.5, 0.6) is 0 Å². The molecular weight excluding hydrogens is 290 g/mol. The van der Waals surface area contributed by atoms with E-state index in [4.69, 9.17) is 11.6 Å². The van der Waals surface area contributed by atoms with Gasteiger partial charge >= 0.3 is 5.97 Å². The van der Waals surface area contributed by atoms with Crippen LogP contribution in [0.1, 0.15) is 26.3 Å². The fourth-order valence-corrected chi connectivity index (χ4v) is 1.93. The number of alkyl halides is 1. The molecule has 4 nitrogen and oxygen atoms in total. The van der Waals surface area contributed by atoms with Crippen molar-refractivity contribution in [1.82, 2.24) is 0 Å². The Morgan fingerprint density at radius 2 is 1.57 bits per heavy atom. The lowest BCUT2D eigenvalue weighted by Gasteiger charge is -2.06. The molecule has 0 radical (unpaired) electrons. The average Bonchev–Trinajstić information content (AvgIpc) is 2.55. The molecular formula is C16H14ClNO3. The molecule has 0 atom stereocenters. The topological polar surface area (TPSA) is 55.4 Å². The number of esters is 1. The molecule has 0 bridgehead atoms. The van der Waals surface area contributed by atoms with Crippen molar-refractivity contribution in [3.05, 3.63) is 65.2 Å². The molecule has 0 unspecified atom stereocenters. The highest BCUT2D eigenvalue weighted by Crippen LogP contribution is 2.13. The molecule has 1 amide bonds. The third-order valence-corrected chi connectivity index (χ3v) is 3.24. The van der Waals surface area contributed by atoms with Gasteiger partial charge in [-0.25, -0.2) is 4.79 Å². The van der Waals surface area contributed by atoms with E-state index in [1.54, 1.807) is 36.4 Å². The van der Waals surface area contributed by atoms with Gasteiger partial charge in [-0.05, 0) is 42.0 Å². The quantitative estimate of drug-likeness (QED) is 0.695. The molecule has 0 heterocycles. The number of hydrogen-bond donors (Lipinski definition) is 1. The first-order chi connectivity index (χ1) is 10.1. The van der Waals surface area contributed by atoms with Crippen molar-refractivity contribution in [2.75, 3.05) is 12.4 Å². The zero-order valence-electron chi connectivity index (χ0n) is 11.4.